The van der Waals surface area contributed by atoms with Gasteiger partial charge < -0.3 is 19.7 Å². The van der Waals surface area contributed by atoms with E-state index < -0.39 is 5.91 Å². The zero-order valence-corrected chi connectivity index (χ0v) is 15.2. The maximum Gasteiger partial charge on any atom is 0.262 e. The van der Waals surface area contributed by atoms with Crippen molar-refractivity contribution in [1.29, 1.82) is 0 Å². The summed E-state index contributed by atoms with van der Waals surface area (Å²) in [6, 6.07) is 6.40. The summed E-state index contributed by atoms with van der Waals surface area (Å²) in [7, 11) is 0. The summed E-state index contributed by atoms with van der Waals surface area (Å²) in [6.07, 6.45) is 1.57. The summed E-state index contributed by atoms with van der Waals surface area (Å²) in [4.78, 5) is 23.9. The molecule has 1 amide bonds. The summed E-state index contributed by atoms with van der Waals surface area (Å²) < 4.78 is 7.85. The molecule has 0 spiro atoms. The van der Waals surface area contributed by atoms with Crippen LogP contribution in [0.1, 0.15) is 5.69 Å². The number of aromatic nitrogens is 1. The van der Waals surface area contributed by atoms with Crippen LogP contribution in [0.3, 0.4) is 0 Å². The molecule has 1 heterocycles. The zero-order chi connectivity index (χ0) is 17.7. The van der Waals surface area contributed by atoms with E-state index in [2.05, 4.69) is 21.2 Å². The van der Waals surface area contributed by atoms with Gasteiger partial charge in [0.15, 0.2) is 12.4 Å². The van der Waals surface area contributed by atoms with Crippen molar-refractivity contribution in [1.82, 2.24) is 4.57 Å². The van der Waals surface area contributed by atoms with Gasteiger partial charge in [-0.1, -0.05) is 27.5 Å². The average molecular weight is 416 g/mol. The normalized spacial score (nSPS) is 10.5. The van der Waals surface area contributed by atoms with Gasteiger partial charge in [-0.2, -0.15) is 0 Å². The third-order valence-corrected chi connectivity index (χ3v) is 4.09. The van der Waals surface area contributed by atoms with Gasteiger partial charge in [0.25, 0.3) is 5.91 Å². The molecule has 1 aromatic carbocycles. The lowest BCUT2D eigenvalue weighted by Gasteiger charge is -2.14. The highest BCUT2D eigenvalue weighted by atomic mass is 79.9. The van der Waals surface area contributed by atoms with Crippen molar-refractivity contribution in [3.8, 4) is 5.75 Å². The Morgan fingerprint density at radius 2 is 2.17 bits per heavy atom. The zero-order valence-electron chi connectivity index (χ0n) is 12.9. The Morgan fingerprint density at radius 3 is 2.83 bits per heavy atom. The van der Waals surface area contributed by atoms with E-state index in [4.69, 9.17) is 21.4 Å². The predicted octanol–water partition coefficient (Wildman–Crippen LogP) is 2.58. The van der Waals surface area contributed by atoms with Gasteiger partial charge >= 0.3 is 0 Å². The fourth-order valence-corrected chi connectivity index (χ4v) is 2.81. The molecule has 8 heteroatoms. The van der Waals surface area contributed by atoms with E-state index in [0.717, 1.165) is 4.47 Å². The molecule has 24 heavy (non-hydrogen) atoms. The number of ether oxygens (including phenoxy) is 1. The van der Waals surface area contributed by atoms with E-state index in [-0.39, 0.29) is 24.4 Å². The van der Waals surface area contributed by atoms with Crippen molar-refractivity contribution < 1.29 is 14.6 Å². The molecule has 2 N–H and O–H groups in total. The molecule has 128 valence electrons. The Balaban J connectivity index is 2.06. The summed E-state index contributed by atoms with van der Waals surface area (Å²) >= 11 is 9.32. The van der Waals surface area contributed by atoms with Gasteiger partial charge in [0.2, 0.25) is 5.43 Å². The van der Waals surface area contributed by atoms with E-state index in [0.29, 0.717) is 22.9 Å². The number of halogens is 2. The van der Waals surface area contributed by atoms with Crippen LogP contribution in [0.2, 0.25) is 5.02 Å². The van der Waals surface area contributed by atoms with Crippen LogP contribution >= 0.6 is 27.5 Å². The topological polar surface area (TPSA) is 80.6 Å². The van der Waals surface area contributed by atoms with E-state index in [9.17, 15) is 9.59 Å². The van der Waals surface area contributed by atoms with Crippen LogP contribution in [0.5, 0.6) is 5.75 Å². The van der Waals surface area contributed by atoms with Crippen molar-refractivity contribution in [2.45, 2.75) is 13.5 Å². The van der Waals surface area contributed by atoms with Gasteiger partial charge in [-0.3, -0.25) is 9.59 Å². The maximum atomic E-state index is 12.0. The number of nitrogens with one attached hydrogen (secondary N) is 1. The number of aliphatic hydroxyl groups is 1. The number of hydrogen-bond acceptors (Lipinski definition) is 4. The van der Waals surface area contributed by atoms with E-state index >= 15 is 0 Å². The molecule has 0 aliphatic carbocycles. The highest BCUT2D eigenvalue weighted by Crippen LogP contribution is 2.25. The summed E-state index contributed by atoms with van der Waals surface area (Å²) in [5, 5.41) is 12.0. The van der Waals surface area contributed by atoms with Crippen LogP contribution in [-0.4, -0.2) is 28.8 Å². The molecule has 1 aromatic heterocycles. The Morgan fingerprint density at radius 1 is 1.42 bits per heavy atom. The van der Waals surface area contributed by atoms with Crippen LogP contribution in [0.4, 0.5) is 5.69 Å². The highest BCUT2D eigenvalue weighted by molar-refractivity contribution is 9.10. The predicted molar refractivity (Wildman–Crippen MR) is 95.8 cm³/mol. The first-order valence-electron chi connectivity index (χ1n) is 7.11. The van der Waals surface area contributed by atoms with Crippen LogP contribution in [0.25, 0.3) is 0 Å². The van der Waals surface area contributed by atoms with E-state index in [1.165, 1.54) is 6.07 Å². The third kappa shape index (κ3) is 4.59. The van der Waals surface area contributed by atoms with Crippen molar-refractivity contribution >= 4 is 39.1 Å². The van der Waals surface area contributed by atoms with Gasteiger partial charge in [-0.05, 0) is 25.1 Å². The quantitative estimate of drug-likeness (QED) is 0.760. The summed E-state index contributed by atoms with van der Waals surface area (Å²) in [5.41, 5.74) is 0.679. The Hall–Kier alpha value is -1.83. The molecule has 0 saturated carbocycles. The molecule has 2 aromatic rings. The molecule has 0 atom stereocenters. The first kappa shape index (κ1) is 18.5. The minimum Gasteiger partial charge on any atom is -0.478 e. The fourth-order valence-electron chi connectivity index (χ4n) is 2.09. The molecule has 0 aliphatic rings. The largest absolute Gasteiger partial charge is 0.478 e. The third-order valence-electron chi connectivity index (χ3n) is 3.28. The molecule has 0 aliphatic heterocycles. The number of anilines is 1. The monoisotopic (exact) mass is 414 g/mol. The lowest BCUT2D eigenvalue weighted by molar-refractivity contribution is -0.118. The van der Waals surface area contributed by atoms with Crippen molar-refractivity contribution in [2.75, 3.05) is 18.5 Å². The lowest BCUT2D eigenvalue weighted by Crippen LogP contribution is -2.24. The smallest absolute Gasteiger partial charge is 0.262 e. The number of aliphatic hydroxyl groups excluding tert-OH is 1. The number of carbonyl (C=O) groups is 1. The second kappa shape index (κ2) is 8.32. The van der Waals surface area contributed by atoms with Gasteiger partial charge in [0.05, 0.1) is 23.0 Å². The van der Waals surface area contributed by atoms with E-state index in [1.54, 1.807) is 35.9 Å². The number of amides is 1. The fraction of sp³-hybridized carbons (Fsp3) is 0.250. The Bertz CT molecular complexity index is 807. The Labute approximate surface area is 152 Å². The van der Waals surface area contributed by atoms with Crippen molar-refractivity contribution in [2.24, 2.45) is 0 Å². The van der Waals surface area contributed by atoms with Gasteiger partial charge in [-0.25, -0.2) is 0 Å². The molecule has 0 fully saturated rings. The second-order valence-corrected chi connectivity index (χ2v) is 6.30. The summed E-state index contributed by atoms with van der Waals surface area (Å²) in [6.45, 7) is 1.64. The molecule has 0 radical (unpaired) electrons. The molecule has 0 unspecified atom stereocenters. The maximum absolute atomic E-state index is 12.0. The molecule has 0 saturated heterocycles. The number of rotatable bonds is 6. The SMILES string of the molecule is Cc1c(OCC(=O)Nc2ccc(Br)cc2Cl)c(=O)ccn1CCO. The van der Waals surface area contributed by atoms with Crippen LogP contribution in [0.15, 0.2) is 39.7 Å². The number of carbonyl (C=O) groups excluding carboxylic acids is 1. The van der Waals surface area contributed by atoms with Crippen LogP contribution in [-0.2, 0) is 11.3 Å². The van der Waals surface area contributed by atoms with Gasteiger partial charge in [0.1, 0.15) is 0 Å². The first-order valence-corrected chi connectivity index (χ1v) is 8.28. The number of pyridine rings is 1. The standard InChI is InChI=1S/C16H16BrClN2O4/c1-10-16(14(22)4-5-20(10)6-7-21)24-9-15(23)19-13-3-2-11(17)8-12(13)18/h2-5,8,21H,6-7,9H2,1H3,(H,19,23). The van der Waals surface area contributed by atoms with E-state index in [1.807, 2.05) is 0 Å². The number of benzene rings is 1. The van der Waals surface area contributed by atoms with Gasteiger partial charge in [0, 0.05) is 23.3 Å². The molecular formula is C16H16BrClN2O4. The van der Waals surface area contributed by atoms with Crippen molar-refractivity contribution in [3.63, 3.8) is 0 Å². The van der Waals surface area contributed by atoms with Crippen LogP contribution < -0.4 is 15.5 Å². The summed E-state index contributed by atoms with van der Waals surface area (Å²) in [5.74, 6) is -0.349. The average Bonchev–Trinajstić information content (AvgIpc) is 2.53. The number of nitrogens with zero attached hydrogens (tertiary/aromatic N) is 1. The molecule has 6 nitrogen and oxygen atoms in total. The van der Waals surface area contributed by atoms with Crippen LogP contribution in [0, 0.1) is 6.92 Å². The van der Waals surface area contributed by atoms with Crippen molar-refractivity contribution in [3.05, 3.63) is 55.9 Å². The first-order chi connectivity index (χ1) is 11.4. The minimum atomic E-state index is -0.435. The molecule has 2 rings (SSSR count). The Kier molecular flexibility index (Phi) is 6.42. The minimum absolute atomic E-state index is 0.0638. The second-order valence-electron chi connectivity index (χ2n) is 4.97. The highest BCUT2D eigenvalue weighted by Gasteiger charge is 2.12. The molecular weight excluding hydrogens is 400 g/mol. The number of hydrogen-bond donors (Lipinski definition) is 2. The van der Waals surface area contributed by atoms with Gasteiger partial charge in [-0.15, -0.1) is 0 Å². The lowest BCUT2D eigenvalue weighted by atomic mass is 10.3. The molecule has 0 bridgehead atoms.